The summed E-state index contributed by atoms with van der Waals surface area (Å²) in [4.78, 5) is 14.3. The van der Waals surface area contributed by atoms with Gasteiger partial charge in [-0.05, 0) is 37.0 Å². The molecular formula is C14H15NO2. The molecule has 2 unspecified atom stereocenters. The van der Waals surface area contributed by atoms with Crippen LogP contribution in [0.1, 0.15) is 42.1 Å². The molecule has 3 heteroatoms. The highest BCUT2D eigenvalue weighted by atomic mass is 16.5. The second-order valence-electron chi connectivity index (χ2n) is 5.25. The van der Waals surface area contributed by atoms with Crippen LogP contribution in [0.3, 0.4) is 0 Å². The van der Waals surface area contributed by atoms with Crippen LogP contribution in [0, 0.1) is 6.92 Å². The van der Waals surface area contributed by atoms with Crippen LogP contribution in [0.15, 0.2) is 18.2 Å². The van der Waals surface area contributed by atoms with Crippen molar-refractivity contribution in [1.82, 2.24) is 4.90 Å². The Morgan fingerprint density at radius 1 is 1.59 bits per heavy atom. The second kappa shape index (κ2) is 2.72. The fourth-order valence-corrected chi connectivity index (χ4v) is 3.91. The number of hydrogen-bond donors (Lipinski definition) is 0. The van der Waals surface area contributed by atoms with Gasteiger partial charge in [-0.2, -0.15) is 0 Å². The molecule has 1 aromatic rings. The molecule has 88 valence electrons. The largest absolute Gasteiger partial charge is 0.465 e. The van der Waals surface area contributed by atoms with Gasteiger partial charge in [-0.3, -0.25) is 4.90 Å². The molecule has 3 aliphatic rings. The Morgan fingerprint density at radius 3 is 3.18 bits per heavy atom. The van der Waals surface area contributed by atoms with E-state index in [9.17, 15) is 4.79 Å². The zero-order valence-electron chi connectivity index (χ0n) is 10.1. The van der Waals surface area contributed by atoms with Crippen molar-refractivity contribution in [3.05, 3.63) is 34.9 Å². The first-order valence-corrected chi connectivity index (χ1v) is 6.27. The first kappa shape index (κ1) is 9.66. The van der Waals surface area contributed by atoms with Gasteiger partial charge in [-0.25, -0.2) is 4.79 Å². The quantitative estimate of drug-likeness (QED) is 0.574. The van der Waals surface area contributed by atoms with Crippen LogP contribution in [0.4, 0.5) is 0 Å². The summed E-state index contributed by atoms with van der Waals surface area (Å²) in [5.41, 5.74) is 3.90. The topological polar surface area (TPSA) is 29.3 Å². The molecule has 0 N–H and O–H groups in total. The molecule has 1 aromatic carbocycles. The minimum atomic E-state index is -0.276. The van der Waals surface area contributed by atoms with Gasteiger partial charge < -0.3 is 4.74 Å². The van der Waals surface area contributed by atoms with Gasteiger partial charge in [0.25, 0.3) is 0 Å². The van der Waals surface area contributed by atoms with Crippen LogP contribution in [-0.4, -0.2) is 23.0 Å². The van der Waals surface area contributed by atoms with Gasteiger partial charge >= 0.3 is 5.97 Å². The molecule has 0 amide bonds. The monoisotopic (exact) mass is 229 g/mol. The average molecular weight is 229 g/mol. The number of fused-ring (bicyclic) bond motifs is 4. The molecule has 0 spiro atoms. The predicted molar refractivity (Wildman–Crippen MR) is 62.5 cm³/mol. The highest BCUT2D eigenvalue weighted by Crippen LogP contribution is 2.77. The summed E-state index contributed by atoms with van der Waals surface area (Å²) in [6.07, 6.45) is 0.953. The number of ether oxygens (including phenoxy) is 1. The minimum absolute atomic E-state index is 0.0200. The molecule has 3 aliphatic heterocycles. The lowest BCUT2D eigenvalue weighted by Crippen LogP contribution is -2.45. The lowest BCUT2D eigenvalue weighted by molar-refractivity contribution is -0.152. The summed E-state index contributed by atoms with van der Waals surface area (Å²) in [5.74, 6) is -0.0200. The number of carbonyl (C=O) groups excluding carboxylic acids is 1. The van der Waals surface area contributed by atoms with Crippen molar-refractivity contribution in [2.45, 2.75) is 37.9 Å². The zero-order valence-corrected chi connectivity index (χ0v) is 10.1. The maximum Gasteiger partial charge on any atom is 0.328 e. The molecule has 4 rings (SSSR count). The highest BCUT2D eigenvalue weighted by Gasteiger charge is 2.83. The maximum atomic E-state index is 12.0. The Morgan fingerprint density at radius 2 is 2.41 bits per heavy atom. The molecule has 2 fully saturated rings. The van der Waals surface area contributed by atoms with Gasteiger partial charge in [0.05, 0.1) is 12.6 Å². The summed E-state index contributed by atoms with van der Waals surface area (Å²) in [5, 5.41) is 0. The zero-order chi connectivity index (χ0) is 11.8. The normalized spacial score (nSPS) is 39.1. The summed E-state index contributed by atoms with van der Waals surface area (Å²) in [6.45, 7) is 4.51. The molecule has 17 heavy (non-hydrogen) atoms. The number of aryl methyl sites for hydroxylation is 1. The molecule has 4 atom stereocenters. The van der Waals surface area contributed by atoms with E-state index in [0.717, 1.165) is 6.42 Å². The van der Waals surface area contributed by atoms with Crippen LogP contribution in [-0.2, 0) is 9.53 Å². The lowest BCUT2D eigenvalue weighted by Gasteiger charge is -2.36. The summed E-state index contributed by atoms with van der Waals surface area (Å²) in [6, 6.07) is 7.20. The third-order valence-electron chi connectivity index (χ3n) is 4.58. The van der Waals surface area contributed by atoms with Gasteiger partial charge in [0.2, 0.25) is 0 Å². The first-order valence-electron chi connectivity index (χ1n) is 6.27. The molecule has 0 aromatic heterocycles. The molecular weight excluding hydrogens is 214 g/mol. The smallest absolute Gasteiger partial charge is 0.328 e. The van der Waals surface area contributed by atoms with Crippen molar-refractivity contribution < 1.29 is 9.53 Å². The van der Waals surface area contributed by atoms with Crippen LogP contribution >= 0.6 is 0 Å². The van der Waals surface area contributed by atoms with Crippen molar-refractivity contribution in [3.63, 3.8) is 0 Å². The van der Waals surface area contributed by atoms with Crippen molar-refractivity contribution >= 4 is 5.97 Å². The van der Waals surface area contributed by atoms with E-state index in [0.29, 0.717) is 18.7 Å². The van der Waals surface area contributed by atoms with Crippen molar-refractivity contribution in [2.24, 2.45) is 0 Å². The van der Waals surface area contributed by atoms with Crippen molar-refractivity contribution in [1.29, 1.82) is 0 Å². The van der Waals surface area contributed by atoms with Gasteiger partial charge in [-0.1, -0.05) is 18.2 Å². The second-order valence-corrected chi connectivity index (χ2v) is 5.25. The third kappa shape index (κ3) is 0.846. The van der Waals surface area contributed by atoms with Gasteiger partial charge in [-0.15, -0.1) is 0 Å². The SMILES string of the molecule is CCOC(=O)C12C[C@@H]3c4c(C)cccc4[C@H]1N32. The molecule has 3 heterocycles. The Bertz CT molecular complexity index is 539. The predicted octanol–water partition coefficient (Wildman–Crippen LogP) is 2.11. The van der Waals surface area contributed by atoms with Gasteiger partial charge in [0, 0.05) is 6.04 Å². The number of hydrogen-bond acceptors (Lipinski definition) is 3. The van der Waals surface area contributed by atoms with E-state index in [4.69, 9.17) is 4.74 Å². The van der Waals surface area contributed by atoms with Crippen molar-refractivity contribution in [3.8, 4) is 0 Å². The number of benzene rings is 1. The summed E-state index contributed by atoms with van der Waals surface area (Å²) in [7, 11) is 0. The Labute approximate surface area is 100 Å². The standard InChI is InChI=1S/C14H15NO2/c1-3-17-13(16)14-7-10-11-8(2)5-4-6-9(11)12(14)15(10)14/h4-6,10,12H,3,7H2,1-2H3/t10-,12-,14?,15?/m1/s1. The summed E-state index contributed by atoms with van der Waals surface area (Å²) < 4.78 is 5.21. The van der Waals surface area contributed by atoms with E-state index >= 15 is 0 Å². The Balaban J connectivity index is 1.75. The van der Waals surface area contributed by atoms with Gasteiger partial charge in [0.15, 0.2) is 0 Å². The van der Waals surface area contributed by atoms with E-state index in [1.807, 2.05) is 6.92 Å². The first-order chi connectivity index (χ1) is 8.21. The third-order valence-corrected chi connectivity index (χ3v) is 4.58. The van der Waals surface area contributed by atoms with Crippen LogP contribution in [0.2, 0.25) is 0 Å². The fraction of sp³-hybridized carbons (Fsp3) is 0.500. The molecule has 0 aliphatic carbocycles. The molecule has 0 bridgehead atoms. The lowest BCUT2D eigenvalue weighted by atomic mass is 9.77. The Kier molecular flexibility index (Phi) is 1.55. The van der Waals surface area contributed by atoms with E-state index in [2.05, 4.69) is 30.0 Å². The summed E-state index contributed by atoms with van der Waals surface area (Å²) >= 11 is 0. The minimum Gasteiger partial charge on any atom is -0.465 e. The van der Waals surface area contributed by atoms with E-state index in [1.165, 1.54) is 16.7 Å². The molecule has 0 radical (unpaired) electrons. The fourth-order valence-electron chi connectivity index (χ4n) is 3.91. The van der Waals surface area contributed by atoms with Crippen LogP contribution in [0.25, 0.3) is 0 Å². The molecule has 2 saturated heterocycles. The number of nitrogens with zero attached hydrogens (tertiary/aromatic N) is 1. The molecule has 0 saturated carbocycles. The Hall–Kier alpha value is -1.35. The van der Waals surface area contributed by atoms with E-state index in [-0.39, 0.29) is 11.5 Å². The van der Waals surface area contributed by atoms with Crippen LogP contribution < -0.4 is 0 Å². The average Bonchev–Trinajstić information content (AvgIpc) is 2.71. The van der Waals surface area contributed by atoms with Gasteiger partial charge in [0.1, 0.15) is 5.54 Å². The number of carbonyl (C=O) groups is 1. The maximum absolute atomic E-state index is 12.0. The number of rotatable bonds is 2. The van der Waals surface area contributed by atoms with Crippen molar-refractivity contribution in [2.75, 3.05) is 6.61 Å². The molecule has 3 nitrogen and oxygen atoms in total. The van der Waals surface area contributed by atoms with E-state index < -0.39 is 0 Å². The highest BCUT2D eigenvalue weighted by molar-refractivity contribution is 5.90. The van der Waals surface area contributed by atoms with Crippen LogP contribution in [0.5, 0.6) is 0 Å². The number of esters is 1. The van der Waals surface area contributed by atoms with E-state index in [1.54, 1.807) is 0 Å².